The molecular formula is C19H25FN4O4. The molecule has 1 aromatic rings. The second-order valence-electron chi connectivity index (χ2n) is 6.49. The lowest BCUT2D eigenvalue weighted by atomic mass is 10.1. The van der Waals surface area contributed by atoms with E-state index in [1.807, 2.05) is 0 Å². The van der Waals surface area contributed by atoms with Crippen molar-refractivity contribution < 1.29 is 23.6 Å². The second-order valence-corrected chi connectivity index (χ2v) is 6.49. The maximum atomic E-state index is 12.9. The second kappa shape index (κ2) is 11.6. The van der Waals surface area contributed by atoms with E-state index in [0.29, 0.717) is 11.8 Å². The van der Waals surface area contributed by atoms with E-state index in [0.717, 1.165) is 0 Å². The topological polar surface area (TPSA) is 128 Å². The Morgan fingerprint density at radius 3 is 2.29 bits per heavy atom. The monoisotopic (exact) mass is 392 g/mol. The third kappa shape index (κ3) is 8.52. The van der Waals surface area contributed by atoms with Gasteiger partial charge in [0.2, 0.25) is 17.7 Å². The Bertz CT molecular complexity index is 719. The van der Waals surface area contributed by atoms with Crippen molar-refractivity contribution in [2.45, 2.75) is 39.3 Å². The van der Waals surface area contributed by atoms with Gasteiger partial charge in [-0.2, -0.15) is 0 Å². The Balaban J connectivity index is 2.65. The maximum absolute atomic E-state index is 12.9. The van der Waals surface area contributed by atoms with Crippen molar-refractivity contribution in [1.29, 1.82) is 5.41 Å². The van der Waals surface area contributed by atoms with Crippen molar-refractivity contribution in [1.82, 2.24) is 16.0 Å². The number of ketones is 1. The van der Waals surface area contributed by atoms with Crippen LogP contribution in [-0.2, 0) is 25.7 Å². The Morgan fingerprint density at radius 2 is 1.71 bits per heavy atom. The summed E-state index contributed by atoms with van der Waals surface area (Å²) in [5, 5.41) is 14.5. The predicted molar refractivity (Wildman–Crippen MR) is 101 cm³/mol. The Morgan fingerprint density at radius 1 is 1.07 bits per heavy atom. The zero-order valence-electron chi connectivity index (χ0n) is 15.9. The van der Waals surface area contributed by atoms with Gasteiger partial charge in [-0.3, -0.25) is 19.2 Å². The molecule has 0 heterocycles. The van der Waals surface area contributed by atoms with Gasteiger partial charge in [-0.25, -0.2) is 4.39 Å². The van der Waals surface area contributed by atoms with Gasteiger partial charge >= 0.3 is 0 Å². The first-order valence-electron chi connectivity index (χ1n) is 8.85. The molecule has 9 heteroatoms. The van der Waals surface area contributed by atoms with Crippen LogP contribution < -0.4 is 16.0 Å². The number of benzene rings is 1. The third-order valence-electron chi connectivity index (χ3n) is 3.82. The quantitative estimate of drug-likeness (QED) is 0.413. The normalized spacial score (nSPS) is 11.4. The van der Waals surface area contributed by atoms with Crippen LogP contribution in [0.3, 0.4) is 0 Å². The van der Waals surface area contributed by atoms with E-state index in [9.17, 15) is 23.6 Å². The maximum Gasteiger partial charge on any atom is 0.242 e. The molecule has 0 spiro atoms. The average molecular weight is 392 g/mol. The summed E-state index contributed by atoms with van der Waals surface area (Å²) in [5.41, 5.74) is 0.666. The molecule has 0 unspecified atom stereocenters. The van der Waals surface area contributed by atoms with E-state index in [-0.39, 0.29) is 37.8 Å². The number of hydrogen-bond donors (Lipinski definition) is 4. The first-order chi connectivity index (χ1) is 13.2. The molecule has 0 aliphatic heterocycles. The van der Waals surface area contributed by atoms with Crippen LogP contribution in [0.15, 0.2) is 24.3 Å². The first-order valence-corrected chi connectivity index (χ1v) is 8.85. The van der Waals surface area contributed by atoms with Crippen LogP contribution in [0.1, 0.15) is 32.3 Å². The molecule has 1 rings (SSSR count). The van der Waals surface area contributed by atoms with E-state index in [1.165, 1.54) is 24.3 Å². The minimum Gasteiger partial charge on any atom is -0.350 e. The minimum atomic E-state index is -1.01. The average Bonchev–Trinajstić information content (AvgIpc) is 2.67. The highest BCUT2D eigenvalue weighted by Crippen LogP contribution is 2.04. The van der Waals surface area contributed by atoms with Crippen molar-refractivity contribution in [3.05, 3.63) is 35.6 Å². The lowest BCUT2D eigenvalue weighted by molar-refractivity contribution is -0.130. The predicted octanol–water partition coefficient (Wildman–Crippen LogP) is 0.698. The number of hydrogen-bond acceptors (Lipinski definition) is 5. The number of carbonyl (C=O) groups excluding carboxylic acids is 4. The van der Waals surface area contributed by atoms with Crippen LogP contribution in [0.25, 0.3) is 0 Å². The van der Waals surface area contributed by atoms with Crippen molar-refractivity contribution >= 4 is 29.7 Å². The molecule has 0 aromatic heterocycles. The molecule has 0 bridgehead atoms. The highest BCUT2D eigenvalue weighted by molar-refractivity contribution is 6.26. The van der Waals surface area contributed by atoms with E-state index >= 15 is 0 Å². The van der Waals surface area contributed by atoms with E-state index in [1.54, 1.807) is 13.8 Å². The summed E-state index contributed by atoms with van der Waals surface area (Å²) in [4.78, 5) is 47.3. The van der Waals surface area contributed by atoms with Crippen LogP contribution in [0.5, 0.6) is 0 Å². The molecule has 0 saturated heterocycles. The van der Waals surface area contributed by atoms with Crippen LogP contribution in [0, 0.1) is 17.1 Å². The van der Waals surface area contributed by atoms with Gasteiger partial charge in [0.15, 0.2) is 5.78 Å². The molecular weight excluding hydrogens is 367 g/mol. The van der Waals surface area contributed by atoms with E-state index < -0.39 is 29.5 Å². The summed E-state index contributed by atoms with van der Waals surface area (Å²) >= 11 is 0. The SMILES string of the molecule is CC(C)C(=O)NCC(=O)N[C@@H](CCC(=O)C=N)C(=O)NCc1ccc(F)cc1. The van der Waals surface area contributed by atoms with Crippen LogP contribution in [0.4, 0.5) is 4.39 Å². The Hall–Kier alpha value is -3.10. The fourth-order valence-electron chi connectivity index (χ4n) is 2.16. The van der Waals surface area contributed by atoms with Crippen molar-refractivity contribution in [2.24, 2.45) is 5.92 Å². The third-order valence-corrected chi connectivity index (χ3v) is 3.82. The standard InChI is InChI=1S/C19H25FN4O4/c1-12(2)18(27)23-11-17(26)24-16(8-7-15(25)9-21)19(28)22-10-13-3-5-14(20)6-4-13/h3-6,9,12,16,21H,7-8,10-11H2,1-2H3,(H,22,28)(H,23,27)(H,24,26)/t16-/m0/s1. The molecule has 152 valence electrons. The molecule has 0 radical (unpaired) electrons. The molecule has 1 aromatic carbocycles. The number of carbonyl (C=O) groups is 4. The molecule has 4 N–H and O–H groups in total. The summed E-state index contributed by atoms with van der Waals surface area (Å²) < 4.78 is 12.9. The zero-order chi connectivity index (χ0) is 21.1. The fourth-order valence-corrected chi connectivity index (χ4v) is 2.16. The zero-order valence-corrected chi connectivity index (χ0v) is 15.9. The lowest BCUT2D eigenvalue weighted by Crippen LogP contribution is -2.49. The van der Waals surface area contributed by atoms with E-state index in [4.69, 9.17) is 5.41 Å². The highest BCUT2D eigenvalue weighted by Gasteiger charge is 2.21. The van der Waals surface area contributed by atoms with E-state index in [2.05, 4.69) is 16.0 Å². The molecule has 3 amide bonds. The molecule has 0 aliphatic carbocycles. The molecule has 0 saturated carbocycles. The van der Waals surface area contributed by atoms with Crippen LogP contribution in [0.2, 0.25) is 0 Å². The van der Waals surface area contributed by atoms with Gasteiger partial charge in [0.05, 0.1) is 12.8 Å². The first kappa shape index (κ1) is 22.9. The van der Waals surface area contributed by atoms with Crippen LogP contribution in [-0.4, -0.2) is 42.3 Å². The van der Waals surface area contributed by atoms with Gasteiger partial charge < -0.3 is 21.4 Å². The summed E-state index contributed by atoms with van der Waals surface area (Å²) in [5.74, 6) is -2.55. The van der Waals surface area contributed by atoms with Gasteiger partial charge in [0, 0.05) is 18.9 Å². The fraction of sp³-hybridized carbons (Fsp3) is 0.421. The molecule has 28 heavy (non-hydrogen) atoms. The Labute approximate surface area is 162 Å². The number of rotatable bonds is 11. The van der Waals surface area contributed by atoms with Crippen molar-refractivity contribution in [3.63, 3.8) is 0 Å². The smallest absolute Gasteiger partial charge is 0.242 e. The number of nitrogens with one attached hydrogen (secondary N) is 4. The molecule has 1 atom stereocenters. The molecule has 8 nitrogen and oxygen atoms in total. The van der Waals surface area contributed by atoms with Gasteiger partial charge in [0.1, 0.15) is 11.9 Å². The largest absolute Gasteiger partial charge is 0.350 e. The summed E-state index contributed by atoms with van der Waals surface area (Å²) in [6.07, 6.45) is 0.572. The number of amides is 3. The summed E-state index contributed by atoms with van der Waals surface area (Å²) in [6, 6.07) is 4.56. The van der Waals surface area contributed by atoms with Gasteiger partial charge in [-0.15, -0.1) is 0 Å². The van der Waals surface area contributed by atoms with Crippen molar-refractivity contribution in [3.8, 4) is 0 Å². The minimum absolute atomic E-state index is 0.00727. The van der Waals surface area contributed by atoms with Crippen LogP contribution >= 0.6 is 0 Å². The molecule has 0 fully saturated rings. The van der Waals surface area contributed by atoms with Crippen molar-refractivity contribution in [2.75, 3.05) is 6.54 Å². The number of halogens is 1. The lowest BCUT2D eigenvalue weighted by Gasteiger charge is -2.18. The summed E-state index contributed by atoms with van der Waals surface area (Å²) in [6.45, 7) is 3.19. The Kier molecular flexibility index (Phi) is 9.49. The molecule has 0 aliphatic rings. The highest BCUT2D eigenvalue weighted by atomic mass is 19.1. The van der Waals surface area contributed by atoms with Gasteiger partial charge in [-0.05, 0) is 24.1 Å². The number of Topliss-reactive ketones (excluding diaryl/α,β-unsaturated/α-hetero) is 1. The van der Waals surface area contributed by atoms with Gasteiger partial charge in [-0.1, -0.05) is 26.0 Å². The summed E-state index contributed by atoms with van der Waals surface area (Å²) in [7, 11) is 0. The van der Waals surface area contributed by atoms with Gasteiger partial charge in [0.25, 0.3) is 0 Å².